The molecule has 0 aliphatic heterocycles. The van der Waals surface area contributed by atoms with Gasteiger partial charge in [-0.05, 0) is 48.0 Å². The topological polar surface area (TPSA) is 55.8 Å². The first-order chi connectivity index (χ1) is 12.6. The lowest BCUT2D eigenvalue weighted by Crippen LogP contribution is -2.06. The van der Waals surface area contributed by atoms with Crippen LogP contribution in [0.15, 0.2) is 72.8 Å². The van der Waals surface area contributed by atoms with Crippen molar-refractivity contribution in [2.45, 2.75) is 13.2 Å². The normalized spacial score (nSPS) is 10.3. The Morgan fingerprint density at radius 2 is 1.46 bits per heavy atom. The van der Waals surface area contributed by atoms with Crippen LogP contribution < -0.4 is 9.47 Å². The highest BCUT2D eigenvalue weighted by Gasteiger charge is 2.11. The Morgan fingerprint density at radius 1 is 0.846 bits per heavy atom. The first-order valence-electron chi connectivity index (χ1n) is 8.03. The highest BCUT2D eigenvalue weighted by molar-refractivity contribution is 5.89. The number of ether oxygens (including phenoxy) is 2. The van der Waals surface area contributed by atoms with E-state index in [1.807, 2.05) is 30.3 Å². The van der Waals surface area contributed by atoms with E-state index in [4.69, 9.17) is 14.6 Å². The molecule has 0 atom stereocenters. The summed E-state index contributed by atoms with van der Waals surface area (Å²) < 4.78 is 24.6. The summed E-state index contributed by atoms with van der Waals surface area (Å²) in [6.45, 7) is 0.427. The molecule has 0 amide bonds. The average molecular weight is 352 g/mol. The number of carbonyl (C=O) groups is 1. The zero-order valence-electron chi connectivity index (χ0n) is 13.9. The van der Waals surface area contributed by atoms with Gasteiger partial charge in [-0.2, -0.15) is 0 Å². The quantitative estimate of drug-likeness (QED) is 0.671. The maximum absolute atomic E-state index is 13.3. The number of halogens is 1. The number of carboxylic acids is 1. The summed E-state index contributed by atoms with van der Waals surface area (Å²) in [6.07, 6.45) is 0. The molecular formula is C21H17FO4. The number of rotatable bonds is 7. The zero-order valence-corrected chi connectivity index (χ0v) is 13.9. The molecule has 3 aromatic carbocycles. The summed E-state index contributed by atoms with van der Waals surface area (Å²) in [4.78, 5) is 11.2. The number of carboxylic acid groups (broad SMARTS) is 1. The lowest BCUT2D eigenvalue weighted by atomic mass is 10.1. The minimum atomic E-state index is -1.12. The van der Waals surface area contributed by atoms with Gasteiger partial charge in [-0.3, -0.25) is 0 Å². The second kappa shape index (κ2) is 8.16. The van der Waals surface area contributed by atoms with E-state index >= 15 is 0 Å². The van der Waals surface area contributed by atoms with Crippen molar-refractivity contribution < 1.29 is 23.8 Å². The van der Waals surface area contributed by atoms with Gasteiger partial charge >= 0.3 is 5.97 Å². The first-order valence-corrected chi connectivity index (χ1v) is 8.03. The standard InChI is InChI=1S/C21H17FO4/c22-17-6-11-20(21(23)24)16(12-17)14-26-19-9-7-18(8-10-19)25-13-15-4-2-1-3-5-15/h1-12H,13-14H2,(H,23,24). The first kappa shape index (κ1) is 17.5. The fourth-order valence-electron chi connectivity index (χ4n) is 2.42. The third-order valence-electron chi connectivity index (χ3n) is 3.76. The van der Waals surface area contributed by atoms with E-state index in [1.54, 1.807) is 24.3 Å². The molecule has 0 radical (unpaired) electrons. The molecule has 0 saturated heterocycles. The molecule has 0 fully saturated rings. The minimum Gasteiger partial charge on any atom is -0.489 e. The molecule has 132 valence electrons. The summed E-state index contributed by atoms with van der Waals surface area (Å²) in [5.74, 6) is -0.387. The van der Waals surface area contributed by atoms with Crippen molar-refractivity contribution >= 4 is 5.97 Å². The molecule has 3 rings (SSSR count). The SMILES string of the molecule is O=C(O)c1ccc(F)cc1COc1ccc(OCc2ccccc2)cc1. The summed E-state index contributed by atoms with van der Waals surface area (Å²) in [5, 5.41) is 9.15. The minimum absolute atomic E-state index is 0.0224. The predicted octanol–water partition coefficient (Wildman–Crippen LogP) is 4.68. The number of aromatic carboxylic acids is 1. The Hall–Kier alpha value is -3.34. The molecule has 0 bridgehead atoms. The fourth-order valence-corrected chi connectivity index (χ4v) is 2.42. The van der Waals surface area contributed by atoms with Gasteiger partial charge in [-0.25, -0.2) is 9.18 Å². The zero-order chi connectivity index (χ0) is 18.4. The maximum Gasteiger partial charge on any atom is 0.336 e. The van der Waals surface area contributed by atoms with E-state index in [2.05, 4.69) is 0 Å². The van der Waals surface area contributed by atoms with Crippen molar-refractivity contribution in [3.63, 3.8) is 0 Å². The Bertz CT molecular complexity index is 876. The third-order valence-corrected chi connectivity index (χ3v) is 3.76. The van der Waals surface area contributed by atoms with Gasteiger partial charge in [-0.15, -0.1) is 0 Å². The highest BCUT2D eigenvalue weighted by atomic mass is 19.1. The summed E-state index contributed by atoms with van der Waals surface area (Å²) in [5.41, 5.74) is 1.37. The third kappa shape index (κ3) is 4.60. The molecule has 0 aliphatic rings. The predicted molar refractivity (Wildman–Crippen MR) is 94.9 cm³/mol. The monoisotopic (exact) mass is 352 g/mol. The Morgan fingerprint density at radius 3 is 2.08 bits per heavy atom. The van der Waals surface area contributed by atoms with Crippen molar-refractivity contribution in [2.24, 2.45) is 0 Å². The molecule has 0 unspecified atom stereocenters. The lowest BCUT2D eigenvalue weighted by molar-refractivity contribution is 0.0694. The molecule has 4 nitrogen and oxygen atoms in total. The van der Waals surface area contributed by atoms with Crippen molar-refractivity contribution in [1.82, 2.24) is 0 Å². The van der Waals surface area contributed by atoms with Crippen LogP contribution >= 0.6 is 0 Å². The van der Waals surface area contributed by atoms with E-state index in [-0.39, 0.29) is 17.7 Å². The van der Waals surface area contributed by atoms with Gasteiger partial charge < -0.3 is 14.6 Å². The molecule has 5 heteroatoms. The van der Waals surface area contributed by atoms with Crippen LogP contribution in [0, 0.1) is 5.82 Å². The lowest BCUT2D eigenvalue weighted by Gasteiger charge is -2.10. The van der Waals surface area contributed by atoms with Crippen molar-refractivity contribution in [3.05, 3.63) is 95.3 Å². The van der Waals surface area contributed by atoms with E-state index in [9.17, 15) is 9.18 Å². The number of benzene rings is 3. The summed E-state index contributed by atoms with van der Waals surface area (Å²) in [6, 6.07) is 20.3. The van der Waals surface area contributed by atoms with E-state index in [1.165, 1.54) is 12.1 Å². The van der Waals surface area contributed by atoms with Crippen molar-refractivity contribution in [2.75, 3.05) is 0 Å². The average Bonchev–Trinajstić information content (AvgIpc) is 2.66. The molecule has 1 N–H and O–H groups in total. The van der Waals surface area contributed by atoms with Crippen LogP contribution in [0.3, 0.4) is 0 Å². The van der Waals surface area contributed by atoms with Gasteiger partial charge in [0.15, 0.2) is 0 Å². The maximum atomic E-state index is 13.3. The van der Waals surface area contributed by atoms with Crippen LogP contribution in [0.25, 0.3) is 0 Å². The van der Waals surface area contributed by atoms with Gasteiger partial charge in [0.25, 0.3) is 0 Å². The van der Waals surface area contributed by atoms with E-state index < -0.39 is 11.8 Å². The Labute approximate surface area is 150 Å². The molecule has 0 heterocycles. The second-order valence-electron chi connectivity index (χ2n) is 5.64. The number of hydrogen-bond donors (Lipinski definition) is 1. The fraction of sp³-hybridized carbons (Fsp3) is 0.0952. The molecule has 26 heavy (non-hydrogen) atoms. The molecule has 3 aromatic rings. The van der Waals surface area contributed by atoms with Crippen molar-refractivity contribution in [3.8, 4) is 11.5 Å². The van der Waals surface area contributed by atoms with Crippen LogP contribution in [0.1, 0.15) is 21.5 Å². The van der Waals surface area contributed by atoms with Crippen LogP contribution in [0.4, 0.5) is 4.39 Å². The molecule has 0 saturated carbocycles. The highest BCUT2D eigenvalue weighted by Crippen LogP contribution is 2.21. The largest absolute Gasteiger partial charge is 0.489 e. The smallest absolute Gasteiger partial charge is 0.336 e. The van der Waals surface area contributed by atoms with E-state index in [0.717, 1.165) is 11.6 Å². The molecular weight excluding hydrogens is 335 g/mol. The summed E-state index contributed by atoms with van der Waals surface area (Å²) >= 11 is 0. The molecule has 0 aliphatic carbocycles. The van der Waals surface area contributed by atoms with Gasteiger partial charge in [-0.1, -0.05) is 30.3 Å². The van der Waals surface area contributed by atoms with Gasteiger partial charge in [0.2, 0.25) is 0 Å². The Kier molecular flexibility index (Phi) is 5.49. The van der Waals surface area contributed by atoms with Crippen LogP contribution in [-0.2, 0) is 13.2 Å². The number of hydrogen-bond acceptors (Lipinski definition) is 3. The van der Waals surface area contributed by atoms with Gasteiger partial charge in [0.05, 0.1) is 5.56 Å². The Balaban J connectivity index is 1.60. The van der Waals surface area contributed by atoms with Crippen LogP contribution in [-0.4, -0.2) is 11.1 Å². The summed E-state index contributed by atoms with van der Waals surface area (Å²) in [7, 11) is 0. The molecule has 0 aromatic heterocycles. The van der Waals surface area contributed by atoms with Crippen LogP contribution in [0.2, 0.25) is 0 Å². The van der Waals surface area contributed by atoms with E-state index in [0.29, 0.717) is 18.1 Å². The van der Waals surface area contributed by atoms with Crippen LogP contribution in [0.5, 0.6) is 11.5 Å². The van der Waals surface area contributed by atoms with Crippen molar-refractivity contribution in [1.29, 1.82) is 0 Å². The van der Waals surface area contributed by atoms with Gasteiger partial charge in [0.1, 0.15) is 30.5 Å². The second-order valence-corrected chi connectivity index (χ2v) is 5.64. The molecule has 0 spiro atoms. The van der Waals surface area contributed by atoms with Gasteiger partial charge in [0, 0.05) is 5.56 Å².